The molecule has 128 valence electrons. The number of benzene rings is 1. The van der Waals surface area contributed by atoms with Crippen LogP contribution in [0.3, 0.4) is 0 Å². The van der Waals surface area contributed by atoms with Crippen LogP contribution in [0.25, 0.3) is 0 Å². The summed E-state index contributed by atoms with van der Waals surface area (Å²) in [6, 6.07) is 6.74. The second-order valence-electron chi connectivity index (χ2n) is 6.61. The van der Waals surface area contributed by atoms with Crippen LogP contribution in [-0.4, -0.2) is 34.6 Å². The number of nitrogens with zero attached hydrogens (tertiary/aromatic N) is 2. The fourth-order valence-corrected chi connectivity index (χ4v) is 3.20. The number of nitrogens with one attached hydrogen (secondary N) is 2. The maximum absolute atomic E-state index is 13.2. The van der Waals surface area contributed by atoms with Crippen LogP contribution in [0.2, 0.25) is 0 Å². The van der Waals surface area contributed by atoms with Crippen molar-refractivity contribution in [1.29, 1.82) is 0 Å². The van der Waals surface area contributed by atoms with Gasteiger partial charge in [-0.15, -0.1) is 0 Å². The topological polar surface area (TPSA) is 61.0 Å². The number of halogens is 1. The standard InChI is InChI=1S/C18H23FN4O/c1-11-17(12(2)22-21-11)20-16(24)10-23(3)18(13-4-5-13)14-6-8-15(19)9-7-14/h6-9,13,18H,4-5,10H2,1-3H3,(H,20,24)(H,21,22)/t18-/m0/s1. The summed E-state index contributed by atoms with van der Waals surface area (Å²) in [5.41, 5.74) is 3.43. The minimum absolute atomic E-state index is 0.0714. The van der Waals surface area contributed by atoms with Crippen molar-refractivity contribution in [2.75, 3.05) is 18.9 Å². The first kappa shape index (κ1) is 16.6. The van der Waals surface area contributed by atoms with Gasteiger partial charge in [0.05, 0.1) is 23.6 Å². The fourth-order valence-electron chi connectivity index (χ4n) is 3.20. The fraction of sp³-hybridized carbons (Fsp3) is 0.444. The first-order valence-corrected chi connectivity index (χ1v) is 8.23. The van der Waals surface area contributed by atoms with Gasteiger partial charge in [0.25, 0.3) is 0 Å². The number of likely N-dealkylation sites (N-methyl/N-ethyl adjacent to an activating group) is 1. The molecule has 0 saturated heterocycles. The molecule has 0 spiro atoms. The second-order valence-corrected chi connectivity index (χ2v) is 6.61. The molecule has 2 N–H and O–H groups in total. The summed E-state index contributed by atoms with van der Waals surface area (Å²) in [6.45, 7) is 4.02. The molecule has 1 fully saturated rings. The summed E-state index contributed by atoms with van der Waals surface area (Å²) in [5.74, 6) is 0.225. The number of H-pyrrole nitrogens is 1. The maximum Gasteiger partial charge on any atom is 0.238 e. The lowest BCUT2D eigenvalue weighted by Gasteiger charge is -2.28. The van der Waals surface area contributed by atoms with Gasteiger partial charge in [0.2, 0.25) is 5.91 Å². The van der Waals surface area contributed by atoms with E-state index in [0.29, 0.717) is 5.92 Å². The molecule has 2 aromatic rings. The second kappa shape index (κ2) is 6.73. The van der Waals surface area contributed by atoms with Crippen molar-refractivity contribution < 1.29 is 9.18 Å². The Morgan fingerprint density at radius 2 is 2.04 bits per heavy atom. The van der Waals surface area contributed by atoms with E-state index in [0.717, 1.165) is 35.5 Å². The largest absolute Gasteiger partial charge is 0.322 e. The monoisotopic (exact) mass is 330 g/mol. The molecule has 6 heteroatoms. The number of aromatic amines is 1. The van der Waals surface area contributed by atoms with Gasteiger partial charge in [-0.25, -0.2) is 4.39 Å². The third kappa shape index (κ3) is 3.64. The van der Waals surface area contributed by atoms with Gasteiger partial charge in [-0.05, 0) is 57.4 Å². The third-order valence-corrected chi connectivity index (χ3v) is 4.54. The van der Waals surface area contributed by atoms with Crippen LogP contribution in [-0.2, 0) is 4.79 Å². The summed E-state index contributed by atoms with van der Waals surface area (Å²) in [4.78, 5) is 14.5. The molecule has 1 aliphatic carbocycles. The molecule has 1 heterocycles. The molecule has 3 rings (SSSR count). The van der Waals surface area contributed by atoms with Gasteiger partial charge >= 0.3 is 0 Å². The predicted octanol–water partition coefficient (Wildman–Crippen LogP) is 3.19. The zero-order chi connectivity index (χ0) is 17.3. The number of rotatable bonds is 6. The Bertz CT molecular complexity index is 702. The van der Waals surface area contributed by atoms with Crippen LogP contribution in [0.4, 0.5) is 10.1 Å². The minimum atomic E-state index is -0.236. The highest BCUT2D eigenvalue weighted by Gasteiger charge is 2.35. The smallest absolute Gasteiger partial charge is 0.238 e. The number of carbonyl (C=O) groups is 1. The Kier molecular flexibility index (Phi) is 4.66. The van der Waals surface area contributed by atoms with E-state index in [2.05, 4.69) is 15.5 Å². The van der Waals surface area contributed by atoms with E-state index in [1.807, 2.05) is 37.9 Å². The van der Waals surface area contributed by atoms with Gasteiger partial charge in [-0.2, -0.15) is 5.10 Å². The van der Waals surface area contributed by atoms with Crippen LogP contribution in [0, 0.1) is 25.6 Å². The van der Waals surface area contributed by atoms with Crippen molar-refractivity contribution in [3.8, 4) is 0 Å². The molecule has 0 bridgehead atoms. The van der Waals surface area contributed by atoms with Crippen LogP contribution >= 0.6 is 0 Å². The minimum Gasteiger partial charge on any atom is -0.322 e. The summed E-state index contributed by atoms with van der Waals surface area (Å²) in [7, 11) is 1.95. The first-order chi connectivity index (χ1) is 11.5. The van der Waals surface area contributed by atoms with Crippen molar-refractivity contribution in [1.82, 2.24) is 15.1 Å². The van der Waals surface area contributed by atoms with Gasteiger partial charge < -0.3 is 5.32 Å². The number of amides is 1. The Hall–Kier alpha value is -2.21. The normalized spacial score (nSPS) is 15.5. The molecule has 5 nitrogen and oxygen atoms in total. The molecule has 0 aliphatic heterocycles. The SMILES string of the molecule is Cc1n[nH]c(C)c1NC(=O)CN(C)[C@H](c1ccc(F)cc1)C1CC1. The number of hydrogen-bond acceptors (Lipinski definition) is 3. The Morgan fingerprint density at radius 3 is 2.58 bits per heavy atom. The van der Waals surface area contributed by atoms with Gasteiger partial charge in [-0.3, -0.25) is 14.8 Å². The molecule has 24 heavy (non-hydrogen) atoms. The number of anilines is 1. The van der Waals surface area contributed by atoms with E-state index in [-0.39, 0.29) is 24.3 Å². The lowest BCUT2D eigenvalue weighted by Crippen LogP contribution is -2.34. The summed E-state index contributed by atoms with van der Waals surface area (Å²) in [5, 5.41) is 9.88. The molecule has 1 saturated carbocycles. The van der Waals surface area contributed by atoms with Gasteiger partial charge in [0, 0.05) is 6.04 Å². The molecular formula is C18H23FN4O. The highest BCUT2D eigenvalue weighted by atomic mass is 19.1. The van der Waals surface area contributed by atoms with E-state index in [1.165, 1.54) is 12.1 Å². The Labute approximate surface area is 141 Å². The van der Waals surface area contributed by atoms with Crippen molar-refractivity contribution in [3.63, 3.8) is 0 Å². The van der Waals surface area contributed by atoms with Crippen LogP contribution in [0.1, 0.15) is 35.8 Å². The number of aromatic nitrogens is 2. The first-order valence-electron chi connectivity index (χ1n) is 8.23. The number of hydrogen-bond donors (Lipinski definition) is 2. The predicted molar refractivity (Wildman–Crippen MR) is 91.2 cm³/mol. The van der Waals surface area contributed by atoms with Crippen molar-refractivity contribution >= 4 is 11.6 Å². The Balaban J connectivity index is 1.68. The highest BCUT2D eigenvalue weighted by Crippen LogP contribution is 2.44. The van der Waals surface area contributed by atoms with Crippen molar-refractivity contribution in [3.05, 3.63) is 47.0 Å². The van der Waals surface area contributed by atoms with E-state index in [1.54, 1.807) is 0 Å². The van der Waals surface area contributed by atoms with Crippen molar-refractivity contribution in [2.45, 2.75) is 32.7 Å². The average Bonchev–Trinajstić information content (AvgIpc) is 3.32. The zero-order valence-corrected chi connectivity index (χ0v) is 14.3. The lowest BCUT2D eigenvalue weighted by molar-refractivity contribution is -0.117. The summed E-state index contributed by atoms with van der Waals surface area (Å²) >= 11 is 0. The average molecular weight is 330 g/mol. The maximum atomic E-state index is 13.2. The quantitative estimate of drug-likeness (QED) is 0.855. The molecule has 0 radical (unpaired) electrons. The highest BCUT2D eigenvalue weighted by molar-refractivity contribution is 5.93. The number of aryl methyl sites for hydroxylation is 2. The molecule has 1 aromatic carbocycles. The molecular weight excluding hydrogens is 307 g/mol. The zero-order valence-electron chi connectivity index (χ0n) is 14.3. The number of carbonyl (C=O) groups excluding carboxylic acids is 1. The van der Waals surface area contributed by atoms with E-state index in [9.17, 15) is 9.18 Å². The van der Waals surface area contributed by atoms with E-state index in [4.69, 9.17) is 0 Å². The molecule has 1 atom stereocenters. The molecule has 1 amide bonds. The molecule has 1 aliphatic rings. The van der Waals surface area contributed by atoms with Crippen molar-refractivity contribution in [2.24, 2.45) is 5.92 Å². The van der Waals surface area contributed by atoms with Crippen LogP contribution in [0.5, 0.6) is 0 Å². The molecule has 1 aromatic heterocycles. The van der Waals surface area contributed by atoms with E-state index < -0.39 is 0 Å². The van der Waals surface area contributed by atoms with Gasteiger partial charge in [0.15, 0.2) is 0 Å². The third-order valence-electron chi connectivity index (χ3n) is 4.54. The summed E-state index contributed by atoms with van der Waals surface area (Å²) < 4.78 is 13.2. The molecule has 0 unspecified atom stereocenters. The Morgan fingerprint density at radius 1 is 1.38 bits per heavy atom. The van der Waals surface area contributed by atoms with Gasteiger partial charge in [-0.1, -0.05) is 12.1 Å². The van der Waals surface area contributed by atoms with Gasteiger partial charge in [0.1, 0.15) is 5.82 Å². The summed E-state index contributed by atoms with van der Waals surface area (Å²) in [6.07, 6.45) is 2.29. The van der Waals surface area contributed by atoms with Crippen LogP contribution in [0.15, 0.2) is 24.3 Å². The lowest BCUT2D eigenvalue weighted by atomic mass is 10.0. The van der Waals surface area contributed by atoms with Crippen LogP contribution < -0.4 is 5.32 Å². The van der Waals surface area contributed by atoms with E-state index >= 15 is 0 Å².